The first kappa shape index (κ1) is 11.0. The molecule has 0 radical (unpaired) electrons. The minimum absolute atomic E-state index is 0.505. The van der Waals surface area contributed by atoms with Crippen LogP contribution in [0.15, 0.2) is 18.2 Å². The highest BCUT2D eigenvalue weighted by atomic mass is 32.1. The van der Waals surface area contributed by atoms with Gasteiger partial charge < -0.3 is 9.55 Å². The van der Waals surface area contributed by atoms with Crippen molar-refractivity contribution in [2.24, 2.45) is 5.92 Å². The number of fused-ring (bicyclic) bond motifs is 1. The molecule has 0 saturated heterocycles. The molecule has 1 aromatic heterocycles. The maximum Gasteiger partial charge on any atom is 0.178 e. The zero-order valence-corrected chi connectivity index (χ0v) is 11.2. The molecule has 1 unspecified atom stereocenters. The summed E-state index contributed by atoms with van der Waals surface area (Å²) in [5, 5.41) is 0. The summed E-state index contributed by atoms with van der Waals surface area (Å²) in [4.78, 5) is 3.35. The Labute approximate surface area is 107 Å². The second kappa shape index (κ2) is 3.98. The Morgan fingerprint density at radius 2 is 2.24 bits per heavy atom. The predicted octanol–water partition coefficient (Wildman–Crippen LogP) is 4.37. The van der Waals surface area contributed by atoms with Crippen LogP contribution in [0.4, 0.5) is 0 Å². The van der Waals surface area contributed by atoms with Crippen LogP contribution < -0.4 is 0 Å². The Kier molecular flexibility index (Phi) is 2.58. The molecule has 0 bridgehead atoms. The summed E-state index contributed by atoms with van der Waals surface area (Å²) in [7, 11) is 0. The van der Waals surface area contributed by atoms with Crippen molar-refractivity contribution < 1.29 is 0 Å². The van der Waals surface area contributed by atoms with E-state index < -0.39 is 0 Å². The number of aromatic nitrogens is 2. The number of aromatic amines is 1. The molecular weight excluding hydrogens is 228 g/mol. The van der Waals surface area contributed by atoms with Crippen molar-refractivity contribution in [2.45, 2.75) is 39.2 Å². The number of imidazole rings is 1. The number of benzene rings is 1. The van der Waals surface area contributed by atoms with Crippen molar-refractivity contribution >= 4 is 23.3 Å². The first-order valence-electron chi connectivity index (χ1n) is 6.36. The van der Waals surface area contributed by atoms with Crippen LogP contribution in [-0.4, -0.2) is 9.55 Å². The molecule has 1 saturated carbocycles. The van der Waals surface area contributed by atoms with E-state index in [-0.39, 0.29) is 0 Å². The van der Waals surface area contributed by atoms with Gasteiger partial charge in [-0.3, -0.25) is 0 Å². The summed E-state index contributed by atoms with van der Waals surface area (Å²) in [6, 6.07) is 6.91. The molecule has 1 atom stereocenters. The molecule has 2 aromatic rings. The molecule has 0 amide bonds. The lowest BCUT2D eigenvalue weighted by Gasteiger charge is -2.14. The molecule has 0 aliphatic heterocycles. The van der Waals surface area contributed by atoms with E-state index in [4.69, 9.17) is 12.2 Å². The standard InChI is InChI=1S/C14H18N2S/c1-9-4-3-5-12-13(9)15-14(17)16(12)10(2)8-11-6-7-11/h3-5,10-11H,6-8H2,1-2H3,(H,15,17). The van der Waals surface area contributed by atoms with E-state index in [1.165, 1.54) is 35.9 Å². The number of nitrogens with one attached hydrogen (secondary N) is 1. The van der Waals surface area contributed by atoms with E-state index in [1.54, 1.807) is 0 Å². The van der Waals surface area contributed by atoms with Crippen LogP contribution in [0, 0.1) is 17.6 Å². The van der Waals surface area contributed by atoms with Crippen molar-refractivity contribution in [1.29, 1.82) is 0 Å². The topological polar surface area (TPSA) is 20.7 Å². The van der Waals surface area contributed by atoms with E-state index in [0.717, 1.165) is 10.7 Å². The highest BCUT2D eigenvalue weighted by Crippen LogP contribution is 2.37. The Hall–Kier alpha value is -1.09. The molecule has 3 rings (SSSR count). The Bertz CT molecular complexity index is 604. The smallest absolute Gasteiger partial charge is 0.178 e. The van der Waals surface area contributed by atoms with Gasteiger partial charge in [0.15, 0.2) is 4.77 Å². The lowest BCUT2D eigenvalue weighted by molar-refractivity contribution is 0.483. The Morgan fingerprint density at radius 1 is 1.47 bits per heavy atom. The van der Waals surface area contributed by atoms with E-state index >= 15 is 0 Å². The average Bonchev–Trinajstić information content (AvgIpc) is 3.00. The van der Waals surface area contributed by atoms with Gasteiger partial charge in [0.05, 0.1) is 11.0 Å². The van der Waals surface area contributed by atoms with Gasteiger partial charge in [-0.25, -0.2) is 0 Å². The zero-order valence-electron chi connectivity index (χ0n) is 10.4. The molecule has 1 N–H and O–H groups in total. The molecule has 1 aromatic carbocycles. The zero-order chi connectivity index (χ0) is 12.0. The van der Waals surface area contributed by atoms with Crippen molar-refractivity contribution in [3.63, 3.8) is 0 Å². The van der Waals surface area contributed by atoms with Crippen LogP contribution in [0.5, 0.6) is 0 Å². The largest absolute Gasteiger partial charge is 0.330 e. The normalized spacial score (nSPS) is 17.5. The summed E-state index contributed by atoms with van der Waals surface area (Å²) < 4.78 is 3.15. The molecule has 17 heavy (non-hydrogen) atoms. The molecule has 1 aliphatic carbocycles. The van der Waals surface area contributed by atoms with Crippen molar-refractivity contribution in [3.8, 4) is 0 Å². The maximum absolute atomic E-state index is 5.47. The first-order chi connectivity index (χ1) is 8.16. The van der Waals surface area contributed by atoms with Crippen LogP contribution in [0.3, 0.4) is 0 Å². The minimum atomic E-state index is 0.505. The predicted molar refractivity (Wildman–Crippen MR) is 73.9 cm³/mol. The van der Waals surface area contributed by atoms with Gasteiger partial charge in [-0.2, -0.15) is 0 Å². The van der Waals surface area contributed by atoms with Gasteiger partial charge in [0.2, 0.25) is 0 Å². The molecule has 0 spiro atoms. The molecule has 1 heterocycles. The average molecular weight is 246 g/mol. The number of hydrogen-bond acceptors (Lipinski definition) is 1. The molecule has 3 heteroatoms. The number of nitrogens with zero attached hydrogens (tertiary/aromatic N) is 1. The highest BCUT2D eigenvalue weighted by Gasteiger charge is 2.25. The maximum atomic E-state index is 5.47. The number of H-pyrrole nitrogens is 1. The lowest BCUT2D eigenvalue weighted by atomic mass is 10.1. The van der Waals surface area contributed by atoms with Gasteiger partial charge in [0.25, 0.3) is 0 Å². The van der Waals surface area contributed by atoms with Crippen LogP contribution in [0.25, 0.3) is 11.0 Å². The summed E-state index contributed by atoms with van der Waals surface area (Å²) in [5.74, 6) is 0.932. The van der Waals surface area contributed by atoms with Crippen molar-refractivity contribution in [2.75, 3.05) is 0 Å². The first-order valence-corrected chi connectivity index (χ1v) is 6.77. The fraction of sp³-hybridized carbons (Fsp3) is 0.500. The fourth-order valence-corrected chi connectivity index (χ4v) is 3.05. The van der Waals surface area contributed by atoms with E-state index in [9.17, 15) is 0 Å². The summed E-state index contributed by atoms with van der Waals surface area (Å²) in [6.45, 7) is 4.41. The molecule has 90 valence electrons. The van der Waals surface area contributed by atoms with Gasteiger partial charge in [-0.15, -0.1) is 0 Å². The monoisotopic (exact) mass is 246 g/mol. The van der Waals surface area contributed by atoms with E-state index in [0.29, 0.717) is 6.04 Å². The number of hydrogen-bond donors (Lipinski definition) is 1. The van der Waals surface area contributed by atoms with Gasteiger partial charge in [-0.1, -0.05) is 25.0 Å². The number of para-hydroxylation sites is 1. The minimum Gasteiger partial charge on any atom is -0.330 e. The third-order valence-electron chi connectivity index (χ3n) is 3.77. The van der Waals surface area contributed by atoms with Crippen molar-refractivity contribution in [3.05, 3.63) is 28.5 Å². The van der Waals surface area contributed by atoms with E-state index in [1.807, 2.05) is 0 Å². The fourth-order valence-electron chi connectivity index (χ4n) is 2.67. The highest BCUT2D eigenvalue weighted by molar-refractivity contribution is 7.71. The molecule has 2 nitrogen and oxygen atoms in total. The van der Waals surface area contributed by atoms with Crippen LogP contribution in [-0.2, 0) is 0 Å². The van der Waals surface area contributed by atoms with E-state index in [2.05, 4.69) is 41.6 Å². The molecule has 1 fully saturated rings. The van der Waals surface area contributed by atoms with Crippen LogP contribution in [0.2, 0.25) is 0 Å². The third-order valence-corrected chi connectivity index (χ3v) is 4.07. The Morgan fingerprint density at radius 3 is 2.94 bits per heavy atom. The van der Waals surface area contributed by atoms with Crippen molar-refractivity contribution in [1.82, 2.24) is 9.55 Å². The van der Waals surface area contributed by atoms with Crippen LogP contribution in [0.1, 0.15) is 37.8 Å². The molecular formula is C14H18N2S. The van der Waals surface area contributed by atoms with Gasteiger partial charge in [0.1, 0.15) is 0 Å². The number of aryl methyl sites for hydroxylation is 1. The quantitative estimate of drug-likeness (QED) is 0.798. The van der Waals surface area contributed by atoms with Gasteiger partial charge >= 0.3 is 0 Å². The Balaban J connectivity index is 2.11. The van der Waals surface area contributed by atoms with Gasteiger partial charge in [-0.05, 0) is 50.0 Å². The summed E-state index contributed by atoms with van der Waals surface area (Å²) >= 11 is 5.47. The molecule has 1 aliphatic rings. The number of rotatable bonds is 3. The second-order valence-corrected chi connectivity index (χ2v) is 5.68. The van der Waals surface area contributed by atoms with Gasteiger partial charge in [0, 0.05) is 6.04 Å². The van der Waals surface area contributed by atoms with Crippen LogP contribution >= 0.6 is 12.2 Å². The summed E-state index contributed by atoms with van der Waals surface area (Å²) in [5.41, 5.74) is 3.72. The lowest BCUT2D eigenvalue weighted by Crippen LogP contribution is -2.05. The summed E-state index contributed by atoms with van der Waals surface area (Å²) in [6.07, 6.45) is 4.06. The SMILES string of the molecule is Cc1cccc2c1[nH]c(=S)n2C(C)CC1CC1. The second-order valence-electron chi connectivity index (χ2n) is 5.30. The third kappa shape index (κ3) is 1.93.